The van der Waals surface area contributed by atoms with Crippen LogP contribution in [0.25, 0.3) is 0 Å². The Kier molecular flexibility index (Phi) is 12.5. The second kappa shape index (κ2) is 14.2. The Morgan fingerprint density at radius 1 is 0.909 bits per heavy atom. The third-order valence-electron chi connectivity index (χ3n) is 3.09. The van der Waals surface area contributed by atoms with E-state index in [0.717, 1.165) is 6.07 Å². The van der Waals surface area contributed by atoms with Crippen molar-refractivity contribution in [1.29, 1.82) is 0 Å². The van der Waals surface area contributed by atoms with E-state index >= 15 is 0 Å². The summed E-state index contributed by atoms with van der Waals surface area (Å²) in [4.78, 5) is 37.9. The van der Waals surface area contributed by atoms with Crippen molar-refractivity contribution in [2.75, 3.05) is 0 Å². The van der Waals surface area contributed by atoms with Crippen LogP contribution in [0.3, 0.4) is 0 Å². The summed E-state index contributed by atoms with van der Waals surface area (Å²) in [5.41, 5.74) is -3.17. The van der Waals surface area contributed by atoms with Crippen LogP contribution < -0.4 is 16.4 Å². The molecule has 0 fully saturated rings. The molecule has 0 saturated carbocycles. The molecule has 1 aromatic carbocycles. The molecule has 0 aliphatic rings. The van der Waals surface area contributed by atoms with Gasteiger partial charge < -0.3 is 30.1 Å². The van der Waals surface area contributed by atoms with E-state index in [-0.39, 0.29) is 28.2 Å². The van der Waals surface area contributed by atoms with Crippen molar-refractivity contribution in [3.8, 4) is 5.88 Å². The maximum Gasteiger partial charge on any atom is 2.00 e. The summed E-state index contributed by atoms with van der Waals surface area (Å²) >= 11 is 0. The van der Waals surface area contributed by atoms with E-state index in [0.29, 0.717) is 0 Å². The molecule has 0 spiro atoms. The minimum absolute atomic E-state index is 0. The fourth-order valence-corrected chi connectivity index (χ4v) is 2.45. The van der Waals surface area contributed by atoms with E-state index in [9.17, 15) is 27.7 Å². The van der Waals surface area contributed by atoms with Gasteiger partial charge in [0.05, 0.1) is 17.6 Å². The second-order valence-corrected chi connectivity index (χ2v) is 6.58. The van der Waals surface area contributed by atoms with Crippen molar-refractivity contribution in [2.45, 2.75) is 4.90 Å². The predicted molar refractivity (Wildman–Crippen MR) is 106 cm³/mol. The number of nitrogens with one attached hydrogen (secondary N) is 4. The van der Waals surface area contributed by atoms with Gasteiger partial charge in [0.1, 0.15) is 15.8 Å². The molecule has 0 aliphatic carbocycles. The molecule has 0 amide bonds. The smallest absolute Gasteiger partial charge is 0.858 e. The van der Waals surface area contributed by atoms with Gasteiger partial charge in [-0.15, -0.1) is 10.2 Å². The second-order valence-electron chi connectivity index (χ2n) is 5.23. The molecule has 0 atom stereocenters. The van der Waals surface area contributed by atoms with E-state index in [1.807, 2.05) is 0 Å². The molecule has 3 heterocycles. The molecule has 4 rings (SSSR count). The van der Waals surface area contributed by atoms with Crippen LogP contribution >= 0.6 is 0 Å². The summed E-state index contributed by atoms with van der Waals surface area (Å²) < 4.78 is 33.0. The molecule has 0 aliphatic heterocycles. The van der Waals surface area contributed by atoms with Gasteiger partial charge in [-0.1, -0.05) is 12.1 Å². The number of aromatic amines is 4. The zero-order valence-corrected chi connectivity index (χ0v) is 18.0. The third-order valence-corrected chi connectivity index (χ3v) is 3.97. The normalized spacial score (nSPS) is 9.97. The van der Waals surface area contributed by atoms with Crippen LogP contribution in [-0.4, -0.2) is 48.4 Å². The number of nitrogens with zero attached hydrogens (tertiary/aromatic N) is 4. The zero-order chi connectivity index (χ0) is 22.7. The van der Waals surface area contributed by atoms with Crippen LogP contribution in [-0.2, 0) is 27.2 Å². The molecule has 3 aromatic heterocycles. The summed E-state index contributed by atoms with van der Waals surface area (Å²) in [6.07, 6.45) is 10.2. The standard InChI is InChI=1S/C10H8N4O6S.2C3H4N2.Cu.H2O/c15-8-7(9(16)12-10(17)11-8)14-13-5-3-1-2-4-6(5)21(18,19)20;2*1-2-5-3-4-1;;/h1-4H,(H,18,19,20)(H3,11,12,15,16,17);2*1-3H,(H,4,5);;1H2/q;;;+2;/p-2. The minimum Gasteiger partial charge on any atom is -0.858 e. The van der Waals surface area contributed by atoms with E-state index in [2.05, 4.69) is 30.2 Å². The molecule has 4 aromatic rings. The first kappa shape index (κ1) is 29.1. The van der Waals surface area contributed by atoms with E-state index < -0.39 is 37.8 Å². The Balaban J connectivity index is 0.000000701. The van der Waals surface area contributed by atoms with E-state index in [1.54, 1.807) is 47.4 Å². The first-order valence-corrected chi connectivity index (χ1v) is 9.55. The summed E-state index contributed by atoms with van der Waals surface area (Å²) in [5.74, 6) is -1.09. The van der Waals surface area contributed by atoms with Crippen molar-refractivity contribution in [1.82, 2.24) is 29.9 Å². The number of hydrogen-bond acceptors (Lipinski definition) is 10. The van der Waals surface area contributed by atoms with Gasteiger partial charge in [0, 0.05) is 24.8 Å². The molecular formula is C16H16CuN8O7S. The van der Waals surface area contributed by atoms with E-state index in [4.69, 9.17) is 0 Å². The van der Waals surface area contributed by atoms with Crippen LogP contribution in [0.5, 0.6) is 5.88 Å². The number of benzene rings is 1. The zero-order valence-electron chi connectivity index (χ0n) is 16.2. The number of H-pyrrole nitrogens is 4. The van der Waals surface area contributed by atoms with Crippen molar-refractivity contribution in [3.05, 3.63) is 82.5 Å². The Morgan fingerprint density at radius 2 is 1.48 bits per heavy atom. The van der Waals surface area contributed by atoms with Gasteiger partial charge in [0.2, 0.25) is 0 Å². The maximum atomic E-state index is 11.4. The summed E-state index contributed by atoms with van der Waals surface area (Å²) in [5, 5.41) is 18.0. The van der Waals surface area contributed by atoms with Crippen LogP contribution in [0.2, 0.25) is 0 Å². The molecule has 0 bridgehead atoms. The van der Waals surface area contributed by atoms with Gasteiger partial charge in [-0.25, -0.2) is 23.2 Å². The average Bonchev–Trinajstić information content (AvgIpc) is 3.45. The molecule has 33 heavy (non-hydrogen) atoms. The van der Waals surface area contributed by atoms with Gasteiger partial charge in [0.15, 0.2) is 5.69 Å². The molecule has 1 radical (unpaired) electrons. The fourth-order valence-electron chi connectivity index (χ4n) is 1.84. The first-order chi connectivity index (χ1) is 14.8. The maximum absolute atomic E-state index is 11.4. The number of rotatable bonds is 3. The monoisotopic (exact) mass is 527 g/mol. The van der Waals surface area contributed by atoms with Crippen LogP contribution in [0.15, 0.2) is 86.4 Å². The average molecular weight is 528 g/mol. The SMILES string of the molecule is O.O=c1[nH]c([O-])c(N=Nc2ccccc2S(=O)(=O)[O-])c(=O)[nH]1.[Cu+2].c1c[nH]cn1.c1c[nH]cn1. The largest absolute Gasteiger partial charge is 2.00 e. The number of hydrogen-bond donors (Lipinski definition) is 4. The Hall–Kier alpha value is -3.89. The van der Waals surface area contributed by atoms with Crippen molar-refractivity contribution >= 4 is 21.5 Å². The van der Waals surface area contributed by atoms with Crippen LogP contribution in [0, 0.1) is 0 Å². The van der Waals surface area contributed by atoms with Crippen LogP contribution in [0.1, 0.15) is 0 Å². The topological polar surface area (TPSA) is 260 Å². The quantitative estimate of drug-likeness (QED) is 0.152. The van der Waals surface area contributed by atoms with Gasteiger partial charge >= 0.3 is 22.8 Å². The number of aromatic nitrogens is 6. The van der Waals surface area contributed by atoms with E-state index in [1.165, 1.54) is 18.2 Å². The van der Waals surface area contributed by atoms with Gasteiger partial charge in [-0.2, -0.15) is 0 Å². The fraction of sp³-hybridized carbons (Fsp3) is 0. The summed E-state index contributed by atoms with van der Waals surface area (Å²) in [7, 11) is -4.79. The van der Waals surface area contributed by atoms with Crippen LogP contribution in [0.4, 0.5) is 11.4 Å². The Labute approximate surface area is 195 Å². The third kappa shape index (κ3) is 9.85. The predicted octanol–water partition coefficient (Wildman–Crippen LogP) is -0.552. The van der Waals surface area contributed by atoms with Crippen molar-refractivity contribution < 1.29 is 40.6 Å². The molecule has 179 valence electrons. The minimum atomic E-state index is -4.79. The number of azo groups is 1. The molecule has 0 saturated heterocycles. The van der Waals surface area contributed by atoms with Gasteiger partial charge in [-0.3, -0.25) is 9.78 Å². The molecule has 6 N–H and O–H groups in total. The van der Waals surface area contributed by atoms with Crippen molar-refractivity contribution in [2.24, 2.45) is 10.2 Å². The first-order valence-electron chi connectivity index (χ1n) is 8.15. The molecule has 15 nitrogen and oxygen atoms in total. The summed E-state index contributed by atoms with van der Waals surface area (Å²) in [6.45, 7) is 0. The summed E-state index contributed by atoms with van der Waals surface area (Å²) in [6, 6.07) is 4.86. The molecule has 17 heteroatoms. The Bertz CT molecular complexity index is 1260. The van der Waals surface area contributed by atoms with Gasteiger partial charge in [-0.05, 0) is 18.0 Å². The van der Waals surface area contributed by atoms with Gasteiger partial charge in [0.25, 0.3) is 5.56 Å². The Morgan fingerprint density at radius 3 is 1.91 bits per heavy atom. The number of imidazole rings is 2. The molecular weight excluding hydrogens is 512 g/mol. The van der Waals surface area contributed by atoms with Crippen molar-refractivity contribution in [3.63, 3.8) is 0 Å². The molecule has 0 unspecified atom stereocenters.